The van der Waals surface area contributed by atoms with Gasteiger partial charge in [0, 0.05) is 11.2 Å². The molecular formula is C16H17NaO4P. The SMILES string of the molecule is CC1(C)C2CCC1(C(=O)[P](=O)c1ccccc1)C(=O)C2=O.[NaH]. The molecule has 1 radical (unpaired) electrons. The standard InChI is InChI=1S/C16H16O4P.Na.H/c1-15(2)11-8-9-16(15,13(18)12(11)17)14(19)21(20)10-6-4-3-5-7-10;;/h3-7,11H,8-9H2,1-2H3;;. The first kappa shape index (κ1) is 17.7. The summed E-state index contributed by atoms with van der Waals surface area (Å²) in [5, 5.41) is 0.415. The van der Waals surface area contributed by atoms with Crippen molar-refractivity contribution in [3.05, 3.63) is 30.3 Å². The molecule has 6 heteroatoms. The molecule has 0 N–H and O–H groups in total. The van der Waals surface area contributed by atoms with Gasteiger partial charge in [-0.25, -0.2) is 0 Å². The predicted octanol–water partition coefficient (Wildman–Crippen LogP) is 1.59. The number of Topliss-reactive ketones (excluding diaryl/α,β-unsaturated/α-hetero) is 2. The van der Waals surface area contributed by atoms with Gasteiger partial charge in [-0.1, -0.05) is 32.0 Å². The second-order valence-corrected chi connectivity index (χ2v) is 7.86. The Hall–Kier alpha value is -0.670. The van der Waals surface area contributed by atoms with Crippen molar-refractivity contribution in [1.82, 2.24) is 0 Å². The molecule has 1 aromatic carbocycles. The monoisotopic (exact) mass is 327 g/mol. The number of ketones is 2. The van der Waals surface area contributed by atoms with Crippen molar-refractivity contribution in [2.45, 2.75) is 26.7 Å². The van der Waals surface area contributed by atoms with E-state index >= 15 is 0 Å². The number of benzene rings is 1. The third-order valence-corrected chi connectivity index (χ3v) is 6.77. The van der Waals surface area contributed by atoms with Crippen LogP contribution in [0.1, 0.15) is 26.7 Å². The summed E-state index contributed by atoms with van der Waals surface area (Å²) in [6, 6.07) is 8.42. The summed E-state index contributed by atoms with van der Waals surface area (Å²) in [4.78, 5) is 37.3. The molecule has 0 spiro atoms. The molecule has 0 aliphatic heterocycles. The number of carbonyl (C=O) groups is 3. The zero-order valence-electron chi connectivity index (χ0n) is 12.0. The Balaban J connectivity index is 0.00000176. The van der Waals surface area contributed by atoms with Crippen molar-refractivity contribution in [2.75, 3.05) is 0 Å². The van der Waals surface area contributed by atoms with Crippen LogP contribution in [0.3, 0.4) is 0 Å². The number of rotatable bonds is 3. The molecule has 0 aromatic heterocycles. The normalized spacial score (nSPS) is 29.2. The number of hydrogen-bond acceptors (Lipinski definition) is 4. The summed E-state index contributed by atoms with van der Waals surface area (Å²) in [5.74, 6) is -1.50. The van der Waals surface area contributed by atoms with Crippen LogP contribution < -0.4 is 5.30 Å². The van der Waals surface area contributed by atoms with E-state index < -0.39 is 41.6 Å². The molecule has 0 heterocycles. The molecule has 22 heavy (non-hydrogen) atoms. The first-order valence-corrected chi connectivity index (χ1v) is 8.25. The topological polar surface area (TPSA) is 68.3 Å². The van der Waals surface area contributed by atoms with Crippen molar-refractivity contribution >= 4 is 59.8 Å². The fourth-order valence-electron chi connectivity index (χ4n) is 3.91. The van der Waals surface area contributed by atoms with Gasteiger partial charge in [-0.3, -0.25) is 18.9 Å². The third-order valence-electron chi connectivity index (χ3n) is 5.25. The maximum absolute atomic E-state index is 12.8. The van der Waals surface area contributed by atoms with E-state index in [4.69, 9.17) is 0 Å². The van der Waals surface area contributed by atoms with Gasteiger partial charge in [-0.2, -0.15) is 0 Å². The van der Waals surface area contributed by atoms with Gasteiger partial charge >= 0.3 is 29.6 Å². The van der Waals surface area contributed by atoms with Gasteiger partial charge in [0.05, 0.1) is 0 Å². The van der Waals surface area contributed by atoms with Crippen molar-refractivity contribution in [3.63, 3.8) is 0 Å². The molecule has 4 nitrogen and oxygen atoms in total. The average molecular weight is 327 g/mol. The number of carbonyl (C=O) groups excluding carboxylic acids is 3. The van der Waals surface area contributed by atoms with Crippen LogP contribution in [0.5, 0.6) is 0 Å². The van der Waals surface area contributed by atoms with Gasteiger partial charge in [0.2, 0.25) is 17.1 Å². The van der Waals surface area contributed by atoms with E-state index in [1.807, 2.05) is 0 Å². The van der Waals surface area contributed by atoms with Crippen LogP contribution in [0.2, 0.25) is 0 Å². The van der Waals surface area contributed by atoms with Crippen molar-refractivity contribution in [3.8, 4) is 0 Å². The van der Waals surface area contributed by atoms with Gasteiger partial charge in [0.25, 0.3) is 0 Å². The second-order valence-electron chi connectivity index (χ2n) is 6.35. The zero-order valence-corrected chi connectivity index (χ0v) is 12.9. The predicted molar refractivity (Wildman–Crippen MR) is 84.8 cm³/mol. The van der Waals surface area contributed by atoms with Gasteiger partial charge in [-0.05, 0) is 30.4 Å². The fraction of sp³-hybridized carbons (Fsp3) is 0.438. The second kappa shape index (κ2) is 5.76. The van der Waals surface area contributed by atoms with Crippen LogP contribution in [0.25, 0.3) is 0 Å². The molecule has 3 rings (SSSR count). The summed E-state index contributed by atoms with van der Waals surface area (Å²) < 4.78 is 12.6. The molecular weight excluding hydrogens is 310 g/mol. The summed E-state index contributed by atoms with van der Waals surface area (Å²) in [7, 11) is -2.34. The van der Waals surface area contributed by atoms with Crippen molar-refractivity contribution in [2.24, 2.45) is 16.7 Å². The van der Waals surface area contributed by atoms with Crippen molar-refractivity contribution in [1.29, 1.82) is 0 Å². The van der Waals surface area contributed by atoms with E-state index in [1.165, 1.54) is 0 Å². The Morgan fingerprint density at radius 1 is 1.18 bits per heavy atom. The van der Waals surface area contributed by atoms with E-state index in [-0.39, 0.29) is 29.6 Å². The molecule has 2 aliphatic rings. The van der Waals surface area contributed by atoms with Crippen LogP contribution in [0.15, 0.2) is 30.3 Å². The van der Waals surface area contributed by atoms with E-state index in [2.05, 4.69) is 0 Å². The summed E-state index contributed by atoms with van der Waals surface area (Å²) in [6.07, 6.45) is 0.864. The first-order chi connectivity index (χ1) is 9.84. The Bertz CT molecular complexity index is 683. The molecule has 0 saturated heterocycles. The fourth-order valence-corrected chi connectivity index (χ4v) is 5.43. The molecule has 3 atom stereocenters. The number of hydrogen-bond donors (Lipinski definition) is 0. The zero-order chi connectivity index (χ0) is 15.4. The van der Waals surface area contributed by atoms with Gasteiger partial charge in [-0.15, -0.1) is 0 Å². The minimum absolute atomic E-state index is 0. The van der Waals surface area contributed by atoms with Gasteiger partial charge < -0.3 is 0 Å². The summed E-state index contributed by atoms with van der Waals surface area (Å²) >= 11 is 0. The molecule has 2 fully saturated rings. The Labute approximate surface area is 152 Å². The molecule has 1 aromatic rings. The van der Waals surface area contributed by atoms with Crippen molar-refractivity contribution < 1.29 is 18.9 Å². The Kier molecular flexibility index (Phi) is 4.63. The molecule has 2 aliphatic carbocycles. The quantitative estimate of drug-likeness (QED) is 0.366. The molecule has 3 unspecified atom stereocenters. The van der Waals surface area contributed by atoms with E-state index in [0.29, 0.717) is 18.1 Å². The van der Waals surface area contributed by atoms with Crippen LogP contribution in [-0.2, 0) is 18.9 Å². The van der Waals surface area contributed by atoms with E-state index in [9.17, 15) is 18.9 Å². The average Bonchev–Trinajstić information content (AvgIpc) is 2.83. The van der Waals surface area contributed by atoms with Gasteiger partial charge in [0.15, 0.2) is 7.80 Å². The molecule has 2 bridgehead atoms. The summed E-state index contributed by atoms with van der Waals surface area (Å²) in [6.45, 7) is 3.55. The number of fused-ring (bicyclic) bond motifs is 2. The van der Waals surface area contributed by atoms with Crippen LogP contribution in [0.4, 0.5) is 0 Å². The maximum atomic E-state index is 12.8. The van der Waals surface area contributed by atoms with Crippen LogP contribution in [0, 0.1) is 16.7 Å². The van der Waals surface area contributed by atoms with Crippen LogP contribution in [-0.4, -0.2) is 46.6 Å². The van der Waals surface area contributed by atoms with Crippen LogP contribution >= 0.6 is 7.80 Å². The summed E-state index contributed by atoms with van der Waals surface area (Å²) in [5.41, 5.74) is -2.71. The van der Waals surface area contributed by atoms with E-state index in [1.54, 1.807) is 44.2 Å². The Morgan fingerprint density at radius 3 is 2.27 bits per heavy atom. The van der Waals surface area contributed by atoms with E-state index in [0.717, 1.165) is 0 Å². The van der Waals surface area contributed by atoms with Gasteiger partial charge in [0.1, 0.15) is 5.41 Å². The third kappa shape index (κ3) is 2.05. The first-order valence-electron chi connectivity index (χ1n) is 6.99. The molecule has 0 amide bonds. The molecule has 111 valence electrons. The minimum atomic E-state index is -2.34. The Morgan fingerprint density at radius 2 is 1.77 bits per heavy atom. The molecule has 2 saturated carbocycles.